The van der Waals surface area contributed by atoms with Crippen molar-refractivity contribution in [2.75, 3.05) is 6.61 Å². The molecule has 0 bridgehead atoms. The number of thiazole rings is 2. The highest BCUT2D eigenvalue weighted by Gasteiger charge is 2.30. The minimum absolute atomic E-state index is 0.0527. The molecule has 0 saturated carbocycles. The maximum Gasteiger partial charge on any atom is 0.140 e. The Morgan fingerprint density at radius 3 is 3.00 bits per heavy atom. The molecule has 0 saturated heterocycles. The van der Waals surface area contributed by atoms with Gasteiger partial charge in [-0.3, -0.25) is 0 Å². The quantitative estimate of drug-likeness (QED) is 0.497. The molecule has 4 aromatic rings. The molecule has 5 rings (SSSR count). The third-order valence-corrected chi connectivity index (χ3v) is 6.69. The van der Waals surface area contributed by atoms with Crippen LogP contribution in [0.4, 0.5) is 4.39 Å². The average Bonchev–Trinajstić information content (AvgIpc) is 3.38. The van der Waals surface area contributed by atoms with E-state index in [0.29, 0.717) is 30.0 Å². The maximum atomic E-state index is 13.3. The largest absolute Gasteiger partial charge is 0.493 e. The van der Waals surface area contributed by atoms with E-state index in [1.807, 2.05) is 23.6 Å². The number of hydrogen-bond acceptors (Lipinski definition) is 7. The van der Waals surface area contributed by atoms with Crippen LogP contribution in [0.1, 0.15) is 21.7 Å². The molecule has 1 N–H and O–H groups in total. The summed E-state index contributed by atoms with van der Waals surface area (Å²) < 4.78 is 26.0. The molecule has 2 aromatic heterocycles. The summed E-state index contributed by atoms with van der Waals surface area (Å²) in [6.45, 7) is 0.732. The molecule has 0 spiro atoms. The molecule has 29 heavy (non-hydrogen) atoms. The van der Waals surface area contributed by atoms with Gasteiger partial charge in [0.15, 0.2) is 0 Å². The van der Waals surface area contributed by atoms with Crippen molar-refractivity contribution in [3.05, 3.63) is 69.4 Å². The van der Waals surface area contributed by atoms with Crippen LogP contribution in [0.5, 0.6) is 11.5 Å². The Morgan fingerprint density at radius 1 is 1.21 bits per heavy atom. The summed E-state index contributed by atoms with van der Waals surface area (Å²) >= 11 is 3.05. The van der Waals surface area contributed by atoms with E-state index < -0.39 is 6.10 Å². The van der Waals surface area contributed by atoms with Gasteiger partial charge in [0.25, 0.3) is 0 Å². The SMILES string of the molecule is OC1c2cc(OCc3nc4cc(F)ccc4s3)ccc2OCC1Cc1nccs1. The molecule has 2 unspecified atom stereocenters. The lowest BCUT2D eigenvalue weighted by Gasteiger charge is -2.30. The van der Waals surface area contributed by atoms with Crippen LogP contribution in [-0.2, 0) is 13.0 Å². The Balaban J connectivity index is 1.31. The van der Waals surface area contributed by atoms with Crippen LogP contribution < -0.4 is 9.47 Å². The van der Waals surface area contributed by atoms with Crippen molar-refractivity contribution < 1.29 is 19.0 Å². The second-order valence-corrected chi connectivity index (χ2v) is 8.95. The molecule has 0 aliphatic carbocycles. The number of rotatable bonds is 5. The number of nitrogens with zero attached hydrogens (tertiary/aromatic N) is 2. The third kappa shape index (κ3) is 3.83. The van der Waals surface area contributed by atoms with Gasteiger partial charge in [0, 0.05) is 35.5 Å². The van der Waals surface area contributed by atoms with E-state index in [2.05, 4.69) is 9.97 Å². The van der Waals surface area contributed by atoms with Crippen molar-refractivity contribution >= 4 is 32.9 Å². The van der Waals surface area contributed by atoms with Crippen LogP contribution in [-0.4, -0.2) is 21.7 Å². The number of aromatic nitrogens is 2. The van der Waals surface area contributed by atoms with Crippen molar-refractivity contribution in [2.45, 2.75) is 19.1 Å². The Kier molecular flexibility index (Phi) is 4.91. The van der Waals surface area contributed by atoms with Crippen molar-refractivity contribution in [3.63, 3.8) is 0 Å². The molecule has 148 valence electrons. The first kappa shape index (κ1) is 18.5. The van der Waals surface area contributed by atoms with E-state index in [1.165, 1.54) is 23.5 Å². The number of benzene rings is 2. The van der Waals surface area contributed by atoms with Gasteiger partial charge in [0.05, 0.1) is 27.9 Å². The van der Waals surface area contributed by atoms with Gasteiger partial charge in [-0.25, -0.2) is 14.4 Å². The molecule has 0 radical (unpaired) electrons. The van der Waals surface area contributed by atoms with E-state index in [4.69, 9.17) is 9.47 Å². The highest BCUT2D eigenvalue weighted by molar-refractivity contribution is 7.18. The molecule has 1 aliphatic rings. The minimum Gasteiger partial charge on any atom is -0.493 e. The van der Waals surface area contributed by atoms with E-state index in [0.717, 1.165) is 20.3 Å². The summed E-state index contributed by atoms with van der Waals surface area (Å²) in [6.07, 6.45) is 1.80. The standard InChI is InChI=1S/C21H17FN2O3S2/c22-13-1-4-18-16(8-13)24-20(29-18)11-26-14-2-3-17-15(9-14)21(25)12(10-27-17)7-19-23-5-6-28-19/h1-6,8-9,12,21,25H,7,10-11H2. The maximum absolute atomic E-state index is 13.3. The first-order valence-electron chi connectivity index (χ1n) is 9.16. The lowest BCUT2D eigenvalue weighted by molar-refractivity contribution is 0.0504. The van der Waals surface area contributed by atoms with E-state index in [9.17, 15) is 9.50 Å². The zero-order valence-electron chi connectivity index (χ0n) is 15.2. The van der Waals surface area contributed by atoms with Crippen molar-refractivity contribution in [1.82, 2.24) is 9.97 Å². The first-order chi connectivity index (χ1) is 14.2. The number of ether oxygens (including phenoxy) is 2. The van der Waals surface area contributed by atoms with Gasteiger partial charge in [-0.2, -0.15) is 0 Å². The Bertz CT molecular complexity index is 1150. The second kappa shape index (κ2) is 7.70. The predicted molar refractivity (Wildman–Crippen MR) is 110 cm³/mol. The predicted octanol–water partition coefficient (Wildman–Crippen LogP) is 4.76. The van der Waals surface area contributed by atoms with Crippen LogP contribution >= 0.6 is 22.7 Å². The van der Waals surface area contributed by atoms with Crippen LogP contribution in [0, 0.1) is 11.7 Å². The highest BCUT2D eigenvalue weighted by atomic mass is 32.1. The zero-order valence-corrected chi connectivity index (χ0v) is 16.9. The lowest BCUT2D eigenvalue weighted by Crippen LogP contribution is -2.27. The Labute approximate surface area is 174 Å². The Morgan fingerprint density at radius 2 is 2.14 bits per heavy atom. The zero-order chi connectivity index (χ0) is 19.8. The van der Waals surface area contributed by atoms with E-state index in [-0.39, 0.29) is 18.3 Å². The molecule has 3 heterocycles. The fraction of sp³-hybridized carbons (Fsp3) is 0.238. The molecule has 5 nitrogen and oxygen atoms in total. The highest BCUT2D eigenvalue weighted by Crippen LogP contribution is 2.39. The second-order valence-electron chi connectivity index (χ2n) is 6.85. The number of hydrogen-bond donors (Lipinski definition) is 1. The summed E-state index contributed by atoms with van der Waals surface area (Å²) in [4.78, 5) is 8.72. The number of aliphatic hydroxyl groups is 1. The van der Waals surface area contributed by atoms with Gasteiger partial charge in [-0.1, -0.05) is 0 Å². The van der Waals surface area contributed by atoms with Gasteiger partial charge in [-0.05, 0) is 30.3 Å². The van der Waals surface area contributed by atoms with Crippen LogP contribution in [0.15, 0.2) is 48.0 Å². The first-order valence-corrected chi connectivity index (χ1v) is 10.9. The monoisotopic (exact) mass is 428 g/mol. The van der Waals surface area contributed by atoms with Crippen LogP contribution in [0.3, 0.4) is 0 Å². The number of fused-ring (bicyclic) bond motifs is 2. The summed E-state index contributed by atoms with van der Waals surface area (Å²) in [6, 6.07) is 10.0. The summed E-state index contributed by atoms with van der Waals surface area (Å²) in [5.74, 6) is 0.955. The van der Waals surface area contributed by atoms with E-state index in [1.54, 1.807) is 23.6 Å². The van der Waals surface area contributed by atoms with Gasteiger partial charge in [0.2, 0.25) is 0 Å². The third-order valence-electron chi connectivity index (χ3n) is 4.88. The summed E-state index contributed by atoms with van der Waals surface area (Å²) in [5.41, 5.74) is 1.36. The van der Waals surface area contributed by atoms with Crippen molar-refractivity contribution in [2.24, 2.45) is 5.92 Å². The molecular weight excluding hydrogens is 411 g/mol. The molecule has 8 heteroatoms. The molecule has 2 aromatic carbocycles. The van der Waals surface area contributed by atoms with Gasteiger partial charge in [-0.15, -0.1) is 22.7 Å². The van der Waals surface area contributed by atoms with E-state index >= 15 is 0 Å². The van der Waals surface area contributed by atoms with Gasteiger partial charge < -0.3 is 14.6 Å². The minimum atomic E-state index is -0.642. The summed E-state index contributed by atoms with van der Waals surface area (Å²) in [7, 11) is 0. The average molecular weight is 429 g/mol. The summed E-state index contributed by atoms with van der Waals surface area (Å²) in [5, 5.41) is 14.5. The Hall–Kier alpha value is -2.55. The van der Waals surface area contributed by atoms with Gasteiger partial charge in [0.1, 0.15) is 28.9 Å². The molecule has 0 fully saturated rings. The molecule has 1 aliphatic heterocycles. The van der Waals surface area contributed by atoms with Crippen molar-refractivity contribution in [3.8, 4) is 11.5 Å². The smallest absolute Gasteiger partial charge is 0.140 e. The number of halogens is 1. The molecule has 0 amide bonds. The lowest BCUT2D eigenvalue weighted by atomic mass is 9.91. The fourth-order valence-electron chi connectivity index (χ4n) is 3.42. The number of aliphatic hydroxyl groups excluding tert-OH is 1. The van der Waals surface area contributed by atoms with Crippen LogP contribution in [0.25, 0.3) is 10.2 Å². The van der Waals surface area contributed by atoms with Gasteiger partial charge >= 0.3 is 0 Å². The normalized spacial score (nSPS) is 18.4. The molecule has 2 atom stereocenters. The van der Waals surface area contributed by atoms with Crippen LogP contribution in [0.2, 0.25) is 0 Å². The topological polar surface area (TPSA) is 64.5 Å². The molecular formula is C21H17FN2O3S2. The fourth-order valence-corrected chi connectivity index (χ4v) is 5.00. The van der Waals surface area contributed by atoms with Crippen molar-refractivity contribution in [1.29, 1.82) is 0 Å².